The monoisotopic (exact) mass is 437 g/mol. The number of fused-ring (bicyclic) bond motifs is 1. The lowest BCUT2D eigenvalue weighted by atomic mass is 9.69. The minimum Gasteiger partial charge on any atom is -0.497 e. The highest BCUT2D eigenvalue weighted by Crippen LogP contribution is 2.49. The molecular formula is C26H31NOS2. The van der Waals surface area contributed by atoms with E-state index < -0.39 is 0 Å². The molecular weight excluding hydrogens is 406 g/mol. The number of nitrogens with zero attached hydrogens (tertiary/aromatic N) is 1. The molecule has 2 aromatic carbocycles. The summed E-state index contributed by atoms with van der Waals surface area (Å²) in [6.07, 6.45) is 7.05. The maximum absolute atomic E-state index is 10.2. The van der Waals surface area contributed by atoms with E-state index in [1.165, 1.54) is 47.5 Å². The van der Waals surface area contributed by atoms with Crippen LogP contribution in [-0.4, -0.2) is 23.2 Å². The molecule has 30 heavy (non-hydrogen) atoms. The number of hydrogen-bond acceptors (Lipinski definition) is 4. The van der Waals surface area contributed by atoms with Gasteiger partial charge in [-0.2, -0.15) is 5.26 Å². The topological polar surface area (TPSA) is 33.0 Å². The van der Waals surface area contributed by atoms with Gasteiger partial charge in [-0.3, -0.25) is 0 Å². The summed E-state index contributed by atoms with van der Waals surface area (Å²) in [6.45, 7) is 0. The van der Waals surface area contributed by atoms with Crippen molar-refractivity contribution in [1.82, 2.24) is 0 Å². The van der Waals surface area contributed by atoms with E-state index in [0.29, 0.717) is 16.4 Å². The summed E-state index contributed by atoms with van der Waals surface area (Å²) in [5.74, 6) is 4.50. The van der Waals surface area contributed by atoms with E-state index in [2.05, 4.69) is 72.1 Å². The molecule has 3 atom stereocenters. The molecule has 4 heteroatoms. The number of thioether (sulfide) groups is 2. The molecule has 0 bridgehead atoms. The van der Waals surface area contributed by atoms with Crippen molar-refractivity contribution in [3.63, 3.8) is 0 Å². The van der Waals surface area contributed by atoms with Crippen molar-refractivity contribution >= 4 is 23.5 Å². The molecule has 0 aromatic heterocycles. The van der Waals surface area contributed by atoms with Gasteiger partial charge >= 0.3 is 0 Å². The van der Waals surface area contributed by atoms with Crippen LogP contribution in [0.2, 0.25) is 0 Å². The first-order valence-corrected chi connectivity index (χ1v) is 13.2. The van der Waals surface area contributed by atoms with Crippen LogP contribution < -0.4 is 4.74 Å². The second-order valence-corrected chi connectivity index (χ2v) is 11.2. The SMILES string of the molecule is COc1ccc2c(c1)CCC(C(CCCc1ccccc1)C1SCCCS1)C2C#N. The first-order chi connectivity index (χ1) is 14.8. The first kappa shape index (κ1) is 21.7. The minimum atomic E-state index is 0.00417. The molecule has 1 saturated heterocycles. The molecule has 0 saturated carbocycles. The van der Waals surface area contributed by atoms with Gasteiger partial charge in [-0.25, -0.2) is 0 Å². The Labute approximate surface area is 189 Å². The Morgan fingerprint density at radius 2 is 1.93 bits per heavy atom. The zero-order chi connectivity index (χ0) is 20.8. The van der Waals surface area contributed by atoms with E-state index in [1.807, 2.05) is 6.07 Å². The lowest BCUT2D eigenvalue weighted by Gasteiger charge is -2.40. The molecule has 4 rings (SSSR count). The Balaban J connectivity index is 1.53. The number of methoxy groups -OCH3 is 1. The smallest absolute Gasteiger partial charge is 0.119 e. The molecule has 1 aliphatic heterocycles. The Morgan fingerprint density at radius 3 is 2.67 bits per heavy atom. The fourth-order valence-electron chi connectivity index (χ4n) is 5.07. The van der Waals surface area contributed by atoms with Crippen LogP contribution in [0.5, 0.6) is 5.75 Å². The van der Waals surface area contributed by atoms with Gasteiger partial charge in [0, 0.05) is 0 Å². The molecule has 2 aliphatic rings. The maximum atomic E-state index is 10.2. The van der Waals surface area contributed by atoms with Crippen molar-refractivity contribution in [3.8, 4) is 11.8 Å². The highest BCUT2D eigenvalue weighted by Gasteiger charge is 2.39. The summed E-state index contributed by atoms with van der Waals surface area (Å²) in [6, 6.07) is 19.9. The molecule has 158 valence electrons. The standard InChI is InChI=1S/C26H31NOS2/c1-28-21-12-14-22-20(17-21)11-13-23(25(22)18-27)24(26-29-15-6-16-30-26)10-5-9-19-7-3-2-4-8-19/h2-4,7-8,12,14,17,23-26H,5-6,9-11,13,15-16H2,1H3. The number of rotatable bonds is 7. The van der Waals surface area contributed by atoms with Crippen LogP contribution in [0, 0.1) is 23.2 Å². The van der Waals surface area contributed by atoms with Gasteiger partial charge in [-0.15, -0.1) is 23.5 Å². The largest absolute Gasteiger partial charge is 0.497 e. The molecule has 2 aromatic rings. The number of ether oxygens (including phenoxy) is 1. The van der Waals surface area contributed by atoms with Gasteiger partial charge < -0.3 is 4.74 Å². The maximum Gasteiger partial charge on any atom is 0.119 e. The highest BCUT2D eigenvalue weighted by atomic mass is 32.2. The second kappa shape index (κ2) is 10.6. The van der Waals surface area contributed by atoms with Crippen LogP contribution in [0.3, 0.4) is 0 Å². The van der Waals surface area contributed by atoms with Crippen LogP contribution in [0.1, 0.15) is 48.3 Å². The third kappa shape index (κ3) is 5.01. The zero-order valence-electron chi connectivity index (χ0n) is 17.8. The molecule has 0 amide bonds. The van der Waals surface area contributed by atoms with Gasteiger partial charge in [-0.1, -0.05) is 36.4 Å². The quantitative estimate of drug-likeness (QED) is 0.482. The van der Waals surface area contributed by atoms with Crippen LogP contribution >= 0.6 is 23.5 Å². The molecule has 2 nitrogen and oxygen atoms in total. The first-order valence-electron chi connectivity index (χ1n) is 11.1. The summed E-state index contributed by atoms with van der Waals surface area (Å²) >= 11 is 4.29. The van der Waals surface area contributed by atoms with Crippen LogP contribution in [0.25, 0.3) is 0 Å². The third-order valence-electron chi connectivity index (χ3n) is 6.60. The van der Waals surface area contributed by atoms with E-state index in [4.69, 9.17) is 4.74 Å². The predicted octanol–water partition coefficient (Wildman–Crippen LogP) is 6.70. The van der Waals surface area contributed by atoms with E-state index >= 15 is 0 Å². The lowest BCUT2D eigenvalue weighted by molar-refractivity contribution is 0.274. The van der Waals surface area contributed by atoms with Crippen molar-refractivity contribution < 1.29 is 4.74 Å². The van der Waals surface area contributed by atoms with Crippen molar-refractivity contribution in [2.45, 2.75) is 49.0 Å². The van der Waals surface area contributed by atoms with Crippen LogP contribution in [0.15, 0.2) is 48.5 Å². The summed E-state index contributed by atoms with van der Waals surface area (Å²) in [5, 5.41) is 10.2. The normalized spacial score (nSPS) is 22.7. The molecule has 0 N–H and O–H groups in total. The number of benzene rings is 2. The van der Waals surface area contributed by atoms with Gasteiger partial charge in [0.05, 0.1) is 23.7 Å². The summed E-state index contributed by atoms with van der Waals surface area (Å²) in [5.41, 5.74) is 3.98. The Bertz CT molecular complexity index is 857. The second-order valence-electron chi connectivity index (χ2n) is 8.38. The van der Waals surface area contributed by atoms with Gasteiger partial charge in [0.15, 0.2) is 0 Å². The van der Waals surface area contributed by atoms with Crippen LogP contribution in [0.4, 0.5) is 0 Å². The summed E-state index contributed by atoms with van der Waals surface area (Å²) in [7, 11) is 1.72. The summed E-state index contributed by atoms with van der Waals surface area (Å²) < 4.78 is 6.06. The predicted molar refractivity (Wildman–Crippen MR) is 129 cm³/mol. The van der Waals surface area contributed by atoms with Crippen molar-refractivity contribution in [2.75, 3.05) is 18.6 Å². The zero-order valence-corrected chi connectivity index (χ0v) is 19.4. The number of nitriles is 1. The van der Waals surface area contributed by atoms with Crippen molar-refractivity contribution in [2.24, 2.45) is 11.8 Å². The van der Waals surface area contributed by atoms with E-state index in [1.54, 1.807) is 7.11 Å². The van der Waals surface area contributed by atoms with E-state index in [0.717, 1.165) is 25.0 Å². The Morgan fingerprint density at radius 1 is 1.13 bits per heavy atom. The van der Waals surface area contributed by atoms with Gasteiger partial charge in [0.1, 0.15) is 5.75 Å². The molecule has 1 fully saturated rings. The Kier molecular flexibility index (Phi) is 7.68. The number of aryl methyl sites for hydroxylation is 2. The van der Waals surface area contributed by atoms with Gasteiger partial charge in [0.25, 0.3) is 0 Å². The van der Waals surface area contributed by atoms with Crippen molar-refractivity contribution in [1.29, 1.82) is 5.26 Å². The number of hydrogen-bond donors (Lipinski definition) is 0. The average Bonchev–Trinajstić information content (AvgIpc) is 2.82. The fourth-order valence-corrected chi connectivity index (χ4v) is 8.47. The van der Waals surface area contributed by atoms with Gasteiger partial charge in [0.2, 0.25) is 0 Å². The molecule has 3 unspecified atom stereocenters. The summed E-state index contributed by atoms with van der Waals surface area (Å²) in [4.78, 5) is 0. The van der Waals surface area contributed by atoms with E-state index in [9.17, 15) is 5.26 Å². The van der Waals surface area contributed by atoms with Crippen LogP contribution in [-0.2, 0) is 12.8 Å². The minimum absolute atomic E-state index is 0.00417. The fraction of sp³-hybridized carbons (Fsp3) is 0.500. The van der Waals surface area contributed by atoms with Gasteiger partial charge in [-0.05, 0) is 90.7 Å². The lowest BCUT2D eigenvalue weighted by Crippen LogP contribution is -2.33. The van der Waals surface area contributed by atoms with Crippen molar-refractivity contribution in [3.05, 3.63) is 65.2 Å². The molecule has 1 heterocycles. The third-order valence-corrected chi connectivity index (χ3v) is 9.82. The van der Waals surface area contributed by atoms with E-state index in [-0.39, 0.29) is 5.92 Å². The average molecular weight is 438 g/mol. The highest BCUT2D eigenvalue weighted by molar-refractivity contribution is 8.17. The molecule has 1 aliphatic carbocycles. The molecule has 0 spiro atoms. The Hall–Kier alpha value is -1.57. The molecule has 0 radical (unpaired) electrons.